The molecule has 3 heterocycles. The highest BCUT2D eigenvalue weighted by Crippen LogP contribution is 2.40. The van der Waals surface area contributed by atoms with Crippen molar-refractivity contribution in [2.75, 3.05) is 25.4 Å². The van der Waals surface area contributed by atoms with Gasteiger partial charge in [0.25, 0.3) is 5.91 Å². The number of carbonyl (C=O) groups excluding carboxylic acids is 2. The van der Waals surface area contributed by atoms with Crippen molar-refractivity contribution in [2.24, 2.45) is 5.92 Å². The molecule has 1 aromatic carbocycles. The van der Waals surface area contributed by atoms with Gasteiger partial charge >= 0.3 is 0 Å². The zero-order chi connectivity index (χ0) is 18.8. The molecule has 2 amide bonds. The summed E-state index contributed by atoms with van der Waals surface area (Å²) in [7, 11) is 0. The highest BCUT2D eigenvalue weighted by atomic mass is 32.2. The summed E-state index contributed by atoms with van der Waals surface area (Å²) < 4.78 is 0. The number of carbonyl (C=O) groups is 2. The van der Waals surface area contributed by atoms with Crippen molar-refractivity contribution in [3.8, 4) is 0 Å². The Morgan fingerprint density at radius 3 is 2.70 bits per heavy atom. The third-order valence-electron chi connectivity index (χ3n) is 5.38. The summed E-state index contributed by atoms with van der Waals surface area (Å²) in [5, 5.41) is 2.07. The van der Waals surface area contributed by atoms with Crippen LogP contribution >= 0.6 is 23.1 Å². The van der Waals surface area contributed by atoms with Crippen LogP contribution in [0, 0.1) is 12.8 Å². The fourth-order valence-corrected chi connectivity index (χ4v) is 5.78. The Hall–Kier alpha value is -1.79. The zero-order valence-corrected chi connectivity index (χ0v) is 17.1. The SMILES string of the molecule is Cc1cccc([C@H]2SCC(=O)N2CC2CCN(C(=O)c3cccs3)CC2)c1. The number of hydrogen-bond donors (Lipinski definition) is 0. The van der Waals surface area contributed by atoms with Crippen molar-refractivity contribution < 1.29 is 9.59 Å². The second-order valence-electron chi connectivity index (χ2n) is 7.34. The molecule has 27 heavy (non-hydrogen) atoms. The van der Waals surface area contributed by atoms with Gasteiger partial charge in [-0.25, -0.2) is 0 Å². The van der Waals surface area contributed by atoms with Crippen LogP contribution in [0.25, 0.3) is 0 Å². The Labute approximate surface area is 168 Å². The van der Waals surface area contributed by atoms with Crippen LogP contribution in [0.5, 0.6) is 0 Å². The molecule has 2 saturated heterocycles. The average Bonchev–Trinajstić information content (AvgIpc) is 3.33. The predicted molar refractivity (Wildman–Crippen MR) is 111 cm³/mol. The number of hydrogen-bond acceptors (Lipinski definition) is 4. The maximum Gasteiger partial charge on any atom is 0.263 e. The summed E-state index contributed by atoms with van der Waals surface area (Å²) in [6.45, 7) is 4.46. The minimum atomic E-state index is 0.128. The molecule has 6 heteroatoms. The standard InChI is InChI=1S/C21H24N2O2S2/c1-15-4-2-5-17(12-15)21-23(19(24)14-27-21)13-16-7-9-22(10-8-16)20(25)18-6-3-11-26-18/h2-6,11-12,16,21H,7-10,13-14H2,1H3/t21-/m1/s1. The van der Waals surface area contributed by atoms with Gasteiger partial charge in [0, 0.05) is 19.6 Å². The molecule has 4 nitrogen and oxygen atoms in total. The number of rotatable bonds is 4. The molecule has 142 valence electrons. The molecular formula is C21H24N2O2S2. The molecule has 0 unspecified atom stereocenters. The van der Waals surface area contributed by atoms with E-state index in [4.69, 9.17) is 0 Å². The first-order chi connectivity index (χ1) is 13.1. The molecule has 0 aliphatic carbocycles. The molecule has 2 aromatic rings. The van der Waals surface area contributed by atoms with Crippen molar-refractivity contribution >= 4 is 34.9 Å². The molecule has 0 saturated carbocycles. The molecule has 1 aromatic heterocycles. The van der Waals surface area contributed by atoms with Crippen molar-refractivity contribution in [2.45, 2.75) is 25.1 Å². The van der Waals surface area contributed by atoms with Gasteiger partial charge in [-0.05, 0) is 42.7 Å². The number of nitrogens with zero attached hydrogens (tertiary/aromatic N) is 2. The molecule has 1 atom stereocenters. The summed E-state index contributed by atoms with van der Waals surface area (Å²) in [5.41, 5.74) is 2.45. The number of aryl methyl sites for hydroxylation is 1. The van der Waals surface area contributed by atoms with E-state index in [1.807, 2.05) is 22.4 Å². The molecule has 0 radical (unpaired) electrons. The summed E-state index contributed by atoms with van der Waals surface area (Å²) in [6.07, 6.45) is 1.93. The molecule has 2 aliphatic rings. The summed E-state index contributed by atoms with van der Waals surface area (Å²) in [4.78, 5) is 29.8. The van der Waals surface area contributed by atoms with Crippen molar-refractivity contribution in [3.05, 3.63) is 57.8 Å². The number of amides is 2. The lowest BCUT2D eigenvalue weighted by Gasteiger charge is -2.35. The van der Waals surface area contributed by atoms with Crippen LogP contribution in [0.4, 0.5) is 0 Å². The second-order valence-corrected chi connectivity index (χ2v) is 9.35. The summed E-state index contributed by atoms with van der Waals surface area (Å²) in [6, 6.07) is 12.3. The smallest absolute Gasteiger partial charge is 0.263 e. The van der Waals surface area contributed by atoms with Gasteiger partial charge in [-0.2, -0.15) is 0 Å². The number of piperidine rings is 1. The first-order valence-corrected chi connectivity index (χ1v) is 11.3. The zero-order valence-electron chi connectivity index (χ0n) is 15.5. The van der Waals surface area contributed by atoms with E-state index >= 15 is 0 Å². The van der Waals surface area contributed by atoms with Crippen LogP contribution in [0.1, 0.15) is 39.0 Å². The summed E-state index contributed by atoms with van der Waals surface area (Å²) >= 11 is 3.23. The number of thiophene rings is 1. The van der Waals surface area contributed by atoms with Gasteiger partial charge in [0.1, 0.15) is 5.37 Å². The van der Waals surface area contributed by atoms with Crippen molar-refractivity contribution in [3.63, 3.8) is 0 Å². The molecule has 2 aliphatic heterocycles. The second kappa shape index (κ2) is 8.07. The van der Waals surface area contributed by atoms with Gasteiger partial charge in [0.2, 0.25) is 5.91 Å². The number of benzene rings is 1. The fourth-order valence-electron chi connectivity index (χ4n) is 3.90. The predicted octanol–water partition coefficient (Wildman–Crippen LogP) is 4.18. The van der Waals surface area contributed by atoms with E-state index in [2.05, 4.69) is 36.1 Å². The highest BCUT2D eigenvalue weighted by Gasteiger charge is 2.35. The van der Waals surface area contributed by atoms with E-state index in [1.54, 1.807) is 11.8 Å². The van der Waals surface area contributed by atoms with E-state index in [9.17, 15) is 9.59 Å². The molecule has 2 fully saturated rings. The Balaban J connectivity index is 1.37. The average molecular weight is 401 g/mol. The highest BCUT2D eigenvalue weighted by molar-refractivity contribution is 8.00. The van der Waals surface area contributed by atoms with Crippen LogP contribution in [-0.4, -0.2) is 47.0 Å². The molecule has 0 N–H and O–H groups in total. The van der Waals surface area contributed by atoms with Gasteiger partial charge in [-0.15, -0.1) is 23.1 Å². The Kier molecular flexibility index (Phi) is 5.55. The molecule has 0 bridgehead atoms. The van der Waals surface area contributed by atoms with Gasteiger partial charge in [-0.1, -0.05) is 35.9 Å². The van der Waals surface area contributed by atoms with E-state index in [0.29, 0.717) is 11.7 Å². The Morgan fingerprint density at radius 2 is 2.00 bits per heavy atom. The van der Waals surface area contributed by atoms with E-state index in [1.165, 1.54) is 22.5 Å². The van der Waals surface area contributed by atoms with Gasteiger partial charge in [0.15, 0.2) is 0 Å². The lowest BCUT2D eigenvalue weighted by atomic mass is 9.95. The molecular weight excluding hydrogens is 376 g/mol. The van der Waals surface area contributed by atoms with E-state index in [0.717, 1.165) is 37.4 Å². The van der Waals surface area contributed by atoms with Gasteiger partial charge < -0.3 is 9.80 Å². The maximum absolute atomic E-state index is 12.5. The topological polar surface area (TPSA) is 40.6 Å². The molecule has 4 rings (SSSR count). The van der Waals surface area contributed by atoms with Crippen LogP contribution in [-0.2, 0) is 4.79 Å². The fraction of sp³-hybridized carbons (Fsp3) is 0.429. The lowest BCUT2D eigenvalue weighted by Crippen LogP contribution is -2.42. The number of likely N-dealkylation sites (tertiary alicyclic amines) is 1. The minimum absolute atomic E-state index is 0.128. The van der Waals surface area contributed by atoms with Crippen LogP contribution in [0.15, 0.2) is 41.8 Å². The maximum atomic E-state index is 12.5. The minimum Gasteiger partial charge on any atom is -0.338 e. The monoisotopic (exact) mass is 400 g/mol. The Morgan fingerprint density at radius 1 is 1.19 bits per heavy atom. The largest absolute Gasteiger partial charge is 0.338 e. The van der Waals surface area contributed by atoms with E-state index in [-0.39, 0.29) is 17.2 Å². The van der Waals surface area contributed by atoms with Crippen LogP contribution < -0.4 is 0 Å². The first kappa shape index (κ1) is 18.6. The third kappa shape index (κ3) is 4.06. The van der Waals surface area contributed by atoms with Crippen LogP contribution in [0.3, 0.4) is 0 Å². The Bertz CT molecular complexity index is 813. The van der Waals surface area contributed by atoms with Crippen molar-refractivity contribution in [1.29, 1.82) is 0 Å². The third-order valence-corrected chi connectivity index (χ3v) is 7.50. The van der Waals surface area contributed by atoms with Gasteiger partial charge in [0.05, 0.1) is 10.6 Å². The number of thioether (sulfide) groups is 1. The summed E-state index contributed by atoms with van der Waals surface area (Å²) in [5.74, 6) is 1.42. The quantitative estimate of drug-likeness (QED) is 0.773. The van der Waals surface area contributed by atoms with Crippen molar-refractivity contribution in [1.82, 2.24) is 9.80 Å². The normalized spacial score (nSPS) is 21.1. The first-order valence-electron chi connectivity index (χ1n) is 9.42. The van der Waals surface area contributed by atoms with Gasteiger partial charge in [-0.3, -0.25) is 9.59 Å². The molecule has 0 spiro atoms. The van der Waals surface area contributed by atoms with Crippen LogP contribution in [0.2, 0.25) is 0 Å². The van der Waals surface area contributed by atoms with E-state index < -0.39 is 0 Å². The lowest BCUT2D eigenvalue weighted by molar-refractivity contribution is -0.128.